The zero-order chi connectivity index (χ0) is 19.4. The number of rotatable bonds is 5. The average molecular weight is 606 g/mol. The summed E-state index contributed by atoms with van der Waals surface area (Å²) < 4.78 is 12.8. The number of carbonyl (C=O) groups excluding carboxylic acids is 1. The van der Waals surface area contributed by atoms with Gasteiger partial charge in [0.2, 0.25) is 0 Å². The maximum Gasteiger partial charge on any atom is 0.264 e. The molecule has 0 radical (unpaired) electrons. The van der Waals surface area contributed by atoms with Gasteiger partial charge in [0.05, 0.1) is 31.4 Å². The summed E-state index contributed by atoms with van der Waals surface area (Å²) in [5, 5.41) is 3.37. The van der Waals surface area contributed by atoms with Crippen LogP contribution in [0.1, 0.15) is 12.5 Å². The van der Waals surface area contributed by atoms with Gasteiger partial charge in [0, 0.05) is 0 Å². The molecule has 0 unspecified atom stereocenters. The van der Waals surface area contributed by atoms with Crippen LogP contribution in [0.2, 0.25) is 0 Å². The van der Waals surface area contributed by atoms with Crippen molar-refractivity contribution in [3.05, 3.63) is 54.0 Å². The van der Waals surface area contributed by atoms with Crippen LogP contribution in [0.4, 0.5) is 5.69 Å². The van der Waals surface area contributed by atoms with Crippen LogP contribution >= 0.6 is 56.9 Å². The second kappa shape index (κ2) is 9.28. The monoisotopic (exact) mass is 606 g/mol. The van der Waals surface area contributed by atoms with Gasteiger partial charge in [-0.05, 0) is 112 Å². The third-order valence-corrected chi connectivity index (χ3v) is 6.06. The summed E-state index contributed by atoms with van der Waals surface area (Å²) in [5.41, 5.74) is 1.71. The Hall–Kier alpha value is -1.27. The quantitative estimate of drug-likeness (QED) is 0.376. The molecular formula is C19H16I2N2O3S. The summed E-state index contributed by atoms with van der Waals surface area (Å²) in [7, 11) is 1.65. The molecule has 0 spiro atoms. The Labute approximate surface area is 189 Å². The number of methoxy groups -OCH3 is 1. The number of thioether (sulfide) groups is 1. The summed E-state index contributed by atoms with van der Waals surface area (Å²) >= 11 is 5.79. The maximum absolute atomic E-state index is 12.3. The molecule has 1 fully saturated rings. The van der Waals surface area contributed by atoms with Crippen molar-refractivity contribution < 1.29 is 14.3 Å². The Balaban J connectivity index is 1.80. The Morgan fingerprint density at radius 2 is 1.85 bits per heavy atom. The smallest absolute Gasteiger partial charge is 0.264 e. The second-order valence-electron chi connectivity index (χ2n) is 5.43. The fourth-order valence-electron chi connectivity index (χ4n) is 2.39. The van der Waals surface area contributed by atoms with E-state index in [1.54, 1.807) is 7.11 Å². The number of nitrogens with one attached hydrogen (secondary N) is 1. The molecule has 0 aliphatic carbocycles. The number of carbonyl (C=O) groups is 1. The summed E-state index contributed by atoms with van der Waals surface area (Å²) in [6, 6.07) is 11.4. The number of aliphatic imine (C=N–C) groups is 1. The van der Waals surface area contributed by atoms with Crippen molar-refractivity contribution in [3.63, 3.8) is 0 Å². The predicted molar refractivity (Wildman–Crippen MR) is 127 cm³/mol. The molecule has 1 amide bonds. The third kappa shape index (κ3) is 5.17. The predicted octanol–water partition coefficient (Wildman–Crippen LogP) is 5.19. The second-order valence-corrected chi connectivity index (χ2v) is 8.78. The first-order chi connectivity index (χ1) is 13.0. The lowest BCUT2D eigenvalue weighted by Crippen LogP contribution is -2.19. The van der Waals surface area contributed by atoms with E-state index < -0.39 is 0 Å². The minimum Gasteiger partial charge on any atom is -0.495 e. The average Bonchev–Trinajstić information content (AvgIpc) is 2.96. The highest BCUT2D eigenvalue weighted by atomic mass is 127. The van der Waals surface area contributed by atoms with Gasteiger partial charge in [-0.2, -0.15) is 0 Å². The molecule has 2 aromatic rings. The van der Waals surface area contributed by atoms with E-state index in [9.17, 15) is 4.79 Å². The van der Waals surface area contributed by atoms with E-state index in [-0.39, 0.29) is 5.91 Å². The summed E-state index contributed by atoms with van der Waals surface area (Å²) in [6.07, 6.45) is 1.87. The van der Waals surface area contributed by atoms with Crippen LogP contribution in [0.3, 0.4) is 0 Å². The zero-order valence-corrected chi connectivity index (χ0v) is 19.7. The van der Waals surface area contributed by atoms with Crippen molar-refractivity contribution in [2.75, 3.05) is 13.7 Å². The van der Waals surface area contributed by atoms with Crippen LogP contribution in [-0.2, 0) is 4.79 Å². The Morgan fingerprint density at radius 3 is 2.44 bits per heavy atom. The third-order valence-electron chi connectivity index (χ3n) is 3.55. The van der Waals surface area contributed by atoms with Crippen molar-refractivity contribution in [2.45, 2.75) is 6.92 Å². The van der Waals surface area contributed by atoms with Gasteiger partial charge in [-0.3, -0.25) is 4.79 Å². The number of benzene rings is 2. The Bertz CT molecular complexity index is 904. The topological polar surface area (TPSA) is 59.9 Å². The number of hydrogen-bond acceptors (Lipinski definition) is 5. The molecule has 3 rings (SSSR count). The summed E-state index contributed by atoms with van der Waals surface area (Å²) in [6.45, 7) is 2.56. The Kier molecular flexibility index (Phi) is 7.04. The normalized spacial score (nSPS) is 16.7. The maximum atomic E-state index is 12.3. The van der Waals surface area contributed by atoms with Gasteiger partial charge in [-0.25, -0.2) is 4.99 Å². The van der Waals surface area contributed by atoms with Crippen molar-refractivity contribution in [2.24, 2.45) is 4.99 Å². The van der Waals surface area contributed by atoms with Crippen molar-refractivity contribution in [1.29, 1.82) is 0 Å². The summed E-state index contributed by atoms with van der Waals surface area (Å²) in [4.78, 5) is 17.4. The first-order valence-electron chi connectivity index (χ1n) is 8.05. The largest absolute Gasteiger partial charge is 0.495 e. The molecule has 2 aromatic carbocycles. The molecule has 0 saturated carbocycles. The van der Waals surface area contributed by atoms with Crippen LogP contribution in [0.5, 0.6) is 11.5 Å². The van der Waals surface area contributed by atoms with Gasteiger partial charge in [0.25, 0.3) is 5.91 Å². The molecule has 0 atom stereocenters. The number of halogens is 2. The van der Waals surface area contributed by atoms with Gasteiger partial charge in [-0.1, -0.05) is 0 Å². The Morgan fingerprint density at radius 1 is 1.19 bits per heavy atom. The van der Waals surface area contributed by atoms with Gasteiger partial charge in [-0.15, -0.1) is 0 Å². The molecule has 1 aliphatic rings. The lowest BCUT2D eigenvalue weighted by molar-refractivity contribution is -0.115. The lowest BCUT2D eigenvalue weighted by Gasteiger charge is -2.07. The van der Waals surface area contributed by atoms with E-state index in [2.05, 4.69) is 55.5 Å². The SMILES string of the molecule is CCOc1ccc(N=C2NC(=O)/C(=C\c3cc(I)c(OC)c(I)c3)S2)cc1. The van der Waals surface area contributed by atoms with Crippen LogP contribution in [0.15, 0.2) is 46.3 Å². The van der Waals surface area contributed by atoms with E-state index >= 15 is 0 Å². The van der Waals surface area contributed by atoms with Crippen molar-refractivity contribution in [3.8, 4) is 11.5 Å². The highest BCUT2D eigenvalue weighted by Crippen LogP contribution is 2.32. The van der Waals surface area contributed by atoms with Crippen LogP contribution in [0, 0.1) is 7.14 Å². The number of nitrogens with zero attached hydrogens (tertiary/aromatic N) is 1. The molecule has 0 bridgehead atoms. The summed E-state index contributed by atoms with van der Waals surface area (Å²) in [5.74, 6) is 1.50. The van der Waals surface area contributed by atoms with Crippen LogP contribution in [0.25, 0.3) is 6.08 Å². The molecule has 5 nitrogen and oxygen atoms in total. The number of amides is 1. The molecule has 27 heavy (non-hydrogen) atoms. The first-order valence-corrected chi connectivity index (χ1v) is 11.0. The van der Waals surface area contributed by atoms with E-state index in [1.165, 1.54) is 11.8 Å². The number of hydrogen-bond donors (Lipinski definition) is 1. The first kappa shape index (κ1) is 20.5. The van der Waals surface area contributed by atoms with E-state index in [0.29, 0.717) is 16.7 Å². The molecule has 140 valence electrons. The molecule has 1 heterocycles. The van der Waals surface area contributed by atoms with Crippen molar-refractivity contribution in [1.82, 2.24) is 5.32 Å². The minimum absolute atomic E-state index is 0.148. The molecule has 1 aliphatic heterocycles. The van der Waals surface area contributed by atoms with Gasteiger partial charge in [0.15, 0.2) is 5.17 Å². The molecule has 8 heteroatoms. The van der Waals surface area contributed by atoms with Crippen molar-refractivity contribution >= 4 is 79.8 Å². The molecule has 0 aromatic heterocycles. The van der Waals surface area contributed by atoms with E-state index in [0.717, 1.165) is 29.9 Å². The number of ether oxygens (including phenoxy) is 2. The lowest BCUT2D eigenvalue weighted by atomic mass is 10.2. The fourth-order valence-corrected chi connectivity index (χ4v) is 5.49. The van der Waals surface area contributed by atoms with Crippen LogP contribution < -0.4 is 14.8 Å². The van der Waals surface area contributed by atoms with Crippen LogP contribution in [-0.4, -0.2) is 24.8 Å². The van der Waals surface area contributed by atoms with Gasteiger partial charge >= 0.3 is 0 Å². The fraction of sp³-hybridized carbons (Fsp3) is 0.158. The van der Waals surface area contributed by atoms with E-state index in [4.69, 9.17) is 9.47 Å². The van der Waals surface area contributed by atoms with Gasteiger partial charge < -0.3 is 14.8 Å². The van der Waals surface area contributed by atoms with Gasteiger partial charge in [0.1, 0.15) is 11.5 Å². The standard InChI is InChI=1S/C19H16I2N2O3S/c1-3-26-13-6-4-12(5-7-13)22-19-23-18(24)16(27-19)10-11-8-14(20)17(25-2)15(21)9-11/h4-10H,3H2,1-2H3,(H,22,23,24)/b16-10+. The highest BCUT2D eigenvalue weighted by Gasteiger charge is 2.24. The molecular weight excluding hydrogens is 590 g/mol. The molecule has 1 saturated heterocycles. The number of amidine groups is 1. The minimum atomic E-state index is -0.148. The highest BCUT2D eigenvalue weighted by molar-refractivity contribution is 14.1. The van der Waals surface area contributed by atoms with E-state index in [1.807, 2.05) is 49.4 Å². The molecule has 1 N–H and O–H groups in total. The zero-order valence-electron chi connectivity index (χ0n) is 14.6.